The Balaban J connectivity index is 2.09. The molecule has 1 aliphatic heterocycles. The van der Waals surface area contributed by atoms with Crippen LogP contribution in [-0.2, 0) is 11.3 Å². The van der Waals surface area contributed by atoms with Gasteiger partial charge in [0.25, 0.3) is 0 Å². The molecule has 0 aliphatic carbocycles. The van der Waals surface area contributed by atoms with Crippen LogP contribution in [0.3, 0.4) is 0 Å². The van der Waals surface area contributed by atoms with Crippen molar-refractivity contribution in [3.05, 3.63) is 23.9 Å². The van der Waals surface area contributed by atoms with Crippen LogP contribution in [0.4, 0.5) is 5.82 Å². The zero-order valence-electron chi connectivity index (χ0n) is 9.94. The second-order valence-electron chi connectivity index (χ2n) is 4.15. The number of nitrogens with one attached hydrogen (secondary N) is 1. The van der Waals surface area contributed by atoms with Crippen molar-refractivity contribution < 1.29 is 4.74 Å². The van der Waals surface area contributed by atoms with Crippen LogP contribution in [0.1, 0.15) is 12.1 Å². The molecule has 1 unspecified atom stereocenters. The zero-order chi connectivity index (χ0) is 11.4. The molecular formula is C12H19N3O. The Hall–Kier alpha value is -1.13. The Morgan fingerprint density at radius 3 is 3.12 bits per heavy atom. The van der Waals surface area contributed by atoms with Gasteiger partial charge in [-0.15, -0.1) is 0 Å². The number of aromatic nitrogens is 1. The quantitative estimate of drug-likeness (QED) is 0.824. The van der Waals surface area contributed by atoms with Crippen LogP contribution in [0.2, 0.25) is 0 Å². The topological polar surface area (TPSA) is 37.4 Å². The van der Waals surface area contributed by atoms with Gasteiger partial charge in [0.15, 0.2) is 0 Å². The number of pyridine rings is 1. The average molecular weight is 221 g/mol. The van der Waals surface area contributed by atoms with Crippen molar-refractivity contribution >= 4 is 5.82 Å². The largest absolute Gasteiger partial charge is 0.379 e. The highest BCUT2D eigenvalue weighted by molar-refractivity contribution is 5.39. The molecule has 0 aromatic carbocycles. The standard InChI is InChI=1S/C12H19N3O/c1-13-8-10-4-3-5-12(14-10)15(2)11-6-7-16-9-11/h3-5,11,13H,6-9H2,1-2H3. The van der Waals surface area contributed by atoms with E-state index in [4.69, 9.17) is 4.74 Å². The van der Waals surface area contributed by atoms with Crippen molar-refractivity contribution in [2.45, 2.75) is 19.0 Å². The maximum atomic E-state index is 5.40. The van der Waals surface area contributed by atoms with E-state index in [1.165, 1.54) is 0 Å². The molecule has 1 aromatic heterocycles. The third-order valence-electron chi connectivity index (χ3n) is 2.96. The fourth-order valence-corrected chi connectivity index (χ4v) is 1.96. The number of likely N-dealkylation sites (N-methyl/N-ethyl adjacent to an activating group) is 1. The molecule has 4 heteroatoms. The first-order valence-electron chi connectivity index (χ1n) is 5.72. The minimum absolute atomic E-state index is 0.470. The summed E-state index contributed by atoms with van der Waals surface area (Å²) in [5.74, 6) is 1.03. The number of rotatable bonds is 4. The van der Waals surface area contributed by atoms with E-state index in [9.17, 15) is 0 Å². The Morgan fingerprint density at radius 1 is 1.56 bits per heavy atom. The Labute approximate surface area is 96.6 Å². The normalized spacial score (nSPS) is 20.0. The van der Waals surface area contributed by atoms with E-state index in [1.54, 1.807) is 0 Å². The smallest absolute Gasteiger partial charge is 0.128 e. The minimum Gasteiger partial charge on any atom is -0.379 e. The zero-order valence-corrected chi connectivity index (χ0v) is 9.94. The summed E-state index contributed by atoms with van der Waals surface area (Å²) < 4.78 is 5.40. The lowest BCUT2D eigenvalue weighted by atomic mass is 10.2. The van der Waals surface area contributed by atoms with Gasteiger partial charge in [0.2, 0.25) is 0 Å². The molecule has 0 saturated carbocycles. The molecule has 0 spiro atoms. The van der Waals surface area contributed by atoms with E-state index in [0.29, 0.717) is 6.04 Å². The maximum absolute atomic E-state index is 5.40. The van der Waals surface area contributed by atoms with E-state index in [0.717, 1.165) is 37.7 Å². The van der Waals surface area contributed by atoms with Crippen LogP contribution in [0.25, 0.3) is 0 Å². The summed E-state index contributed by atoms with van der Waals surface area (Å²) in [7, 11) is 4.02. The van der Waals surface area contributed by atoms with Gasteiger partial charge in [-0.05, 0) is 25.6 Å². The third kappa shape index (κ3) is 2.51. The lowest BCUT2D eigenvalue weighted by Gasteiger charge is -2.24. The van der Waals surface area contributed by atoms with Crippen LogP contribution in [0.5, 0.6) is 0 Å². The molecule has 2 rings (SSSR count). The third-order valence-corrected chi connectivity index (χ3v) is 2.96. The van der Waals surface area contributed by atoms with Gasteiger partial charge in [-0.3, -0.25) is 0 Å². The van der Waals surface area contributed by atoms with Crippen molar-refractivity contribution in [2.75, 3.05) is 32.2 Å². The van der Waals surface area contributed by atoms with Gasteiger partial charge < -0.3 is 15.0 Å². The second kappa shape index (κ2) is 5.27. The summed E-state index contributed by atoms with van der Waals surface area (Å²) in [5, 5.41) is 3.11. The minimum atomic E-state index is 0.470. The molecule has 4 nitrogen and oxygen atoms in total. The summed E-state index contributed by atoms with van der Waals surface area (Å²) in [4.78, 5) is 6.83. The highest BCUT2D eigenvalue weighted by atomic mass is 16.5. The highest BCUT2D eigenvalue weighted by Gasteiger charge is 2.21. The molecule has 1 N–H and O–H groups in total. The van der Waals surface area contributed by atoms with Gasteiger partial charge in [-0.25, -0.2) is 4.98 Å². The van der Waals surface area contributed by atoms with Gasteiger partial charge in [0, 0.05) is 20.2 Å². The van der Waals surface area contributed by atoms with Crippen molar-refractivity contribution in [3.8, 4) is 0 Å². The van der Waals surface area contributed by atoms with Gasteiger partial charge >= 0.3 is 0 Å². The summed E-state index contributed by atoms with van der Waals surface area (Å²) >= 11 is 0. The molecule has 0 amide bonds. The maximum Gasteiger partial charge on any atom is 0.128 e. The van der Waals surface area contributed by atoms with E-state index in [-0.39, 0.29) is 0 Å². The van der Waals surface area contributed by atoms with E-state index in [1.807, 2.05) is 13.1 Å². The Morgan fingerprint density at radius 2 is 2.44 bits per heavy atom. The molecule has 1 saturated heterocycles. The number of hydrogen-bond donors (Lipinski definition) is 1. The summed E-state index contributed by atoms with van der Waals surface area (Å²) in [6.45, 7) is 2.49. The van der Waals surface area contributed by atoms with E-state index < -0.39 is 0 Å². The van der Waals surface area contributed by atoms with E-state index >= 15 is 0 Å². The Kier molecular flexibility index (Phi) is 3.74. The summed E-state index contributed by atoms with van der Waals surface area (Å²) in [6, 6.07) is 6.62. The summed E-state index contributed by atoms with van der Waals surface area (Å²) in [6.07, 6.45) is 1.09. The van der Waals surface area contributed by atoms with E-state index in [2.05, 4.69) is 34.4 Å². The molecular weight excluding hydrogens is 202 g/mol. The lowest BCUT2D eigenvalue weighted by Crippen LogP contribution is -2.32. The van der Waals surface area contributed by atoms with Crippen molar-refractivity contribution in [2.24, 2.45) is 0 Å². The summed E-state index contributed by atoms with van der Waals surface area (Å²) in [5.41, 5.74) is 1.07. The SMILES string of the molecule is CNCc1cccc(N(C)C2CCOC2)n1. The number of ether oxygens (including phenoxy) is 1. The molecule has 1 fully saturated rings. The fraction of sp³-hybridized carbons (Fsp3) is 0.583. The first-order chi connectivity index (χ1) is 7.81. The number of anilines is 1. The van der Waals surface area contributed by atoms with Gasteiger partial charge in [0.05, 0.1) is 18.3 Å². The van der Waals surface area contributed by atoms with Crippen molar-refractivity contribution in [1.82, 2.24) is 10.3 Å². The van der Waals surface area contributed by atoms with Crippen molar-refractivity contribution in [3.63, 3.8) is 0 Å². The molecule has 1 atom stereocenters. The van der Waals surface area contributed by atoms with Crippen molar-refractivity contribution in [1.29, 1.82) is 0 Å². The van der Waals surface area contributed by atoms with Crippen LogP contribution >= 0.6 is 0 Å². The number of hydrogen-bond acceptors (Lipinski definition) is 4. The first-order valence-corrected chi connectivity index (χ1v) is 5.72. The van der Waals surface area contributed by atoms with Crippen LogP contribution in [-0.4, -0.2) is 38.3 Å². The molecule has 1 aliphatic rings. The Bertz CT molecular complexity index is 337. The molecule has 0 bridgehead atoms. The highest BCUT2D eigenvalue weighted by Crippen LogP contribution is 2.18. The van der Waals surface area contributed by atoms with Gasteiger partial charge in [0.1, 0.15) is 5.82 Å². The first kappa shape index (κ1) is 11.4. The van der Waals surface area contributed by atoms with Crippen LogP contribution in [0.15, 0.2) is 18.2 Å². The van der Waals surface area contributed by atoms with Crippen LogP contribution in [0, 0.1) is 0 Å². The second-order valence-corrected chi connectivity index (χ2v) is 4.15. The van der Waals surface area contributed by atoms with Gasteiger partial charge in [-0.2, -0.15) is 0 Å². The van der Waals surface area contributed by atoms with Gasteiger partial charge in [-0.1, -0.05) is 6.07 Å². The molecule has 2 heterocycles. The monoisotopic (exact) mass is 221 g/mol. The van der Waals surface area contributed by atoms with Crippen LogP contribution < -0.4 is 10.2 Å². The molecule has 16 heavy (non-hydrogen) atoms. The molecule has 0 radical (unpaired) electrons. The fourth-order valence-electron chi connectivity index (χ4n) is 1.96. The lowest BCUT2D eigenvalue weighted by molar-refractivity contribution is 0.193. The average Bonchev–Trinajstić information content (AvgIpc) is 2.82. The number of nitrogens with zero attached hydrogens (tertiary/aromatic N) is 2. The predicted molar refractivity (Wildman–Crippen MR) is 64.6 cm³/mol. The molecule has 88 valence electrons. The molecule has 1 aromatic rings. The predicted octanol–water partition coefficient (Wildman–Crippen LogP) is 1.03.